The maximum atomic E-state index is 12.3. The van der Waals surface area contributed by atoms with Gasteiger partial charge in [-0.3, -0.25) is 10.1 Å². The molecule has 0 radical (unpaired) electrons. The maximum Gasteiger partial charge on any atom is 0.387 e. The van der Waals surface area contributed by atoms with E-state index < -0.39 is 11.5 Å². The van der Waals surface area contributed by atoms with Gasteiger partial charge in [0, 0.05) is 6.08 Å². The zero-order chi connectivity index (χ0) is 16.8. The average molecular weight is 321 g/mol. The fraction of sp³-hybridized carbons (Fsp3) is 0.125. The normalized spacial score (nSPS) is 11.4. The molecule has 0 aliphatic rings. The number of alkyl halides is 2. The van der Waals surface area contributed by atoms with Gasteiger partial charge in [0.05, 0.1) is 17.6 Å². The van der Waals surface area contributed by atoms with Gasteiger partial charge in [-0.1, -0.05) is 30.3 Å². The molecule has 23 heavy (non-hydrogen) atoms. The van der Waals surface area contributed by atoms with Gasteiger partial charge >= 0.3 is 6.61 Å². The van der Waals surface area contributed by atoms with E-state index >= 15 is 0 Å². The van der Waals surface area contributed by atoms with E-state index in [2.05, 4.69) is 4.74 Å². The Morgan fingerprint density at radius 2 is 1.87 bits per heavy atom. The summed E-state index contributed by atoms with van der Waals surface area (Å²) in [4.78, 5) is 10.8. The van der Waals surface area contributed by atoms with E-state index in [0.717, 1.165) is 0 Å². The van der Waals surface area contributed by atoms with Crippen molar-refractivity contribution in [2.75, 3.05) is 7.11 Å². The number of methoxy groups -OCH3 is 1. The predicted molar refractivity (Wildman–Crippen MR) is 80.9 cm³/mol. The van der Waals surface area contributed by atoms with Gasteiger partial charge in [0.25, 0.3) is 5.70 Å². The molecule has 0 saturated heterocycles. The van der Waals surface area contributed by atoms with Crippen molar-refractivity contribution in [2.24, 2.45) is 0 Å². The molecule has 0 N–H and O–H groups in total. The van der Waals surface area contributed by atoms with Gasteiger partial charge in [0.1, 0.15) is 0 Å². The summed E-state index contributed by atoms with van der Waals surface area (Å²) in [5.74, 6) is -0.197. The minimum Gasteiger partial charge on any atom is -0.493 e. The third-order valence-corrected chi connectivity index (χ3v) is 2.98. The Balaban J connectivity index is 2.44. The summed E-state index contributed by atoms with van der Waals surface area (Å²) in [6.07, 6.45) is 1.39. The van der Waals surface area contributed by atoms with E-state index in [-0.39, 0.29) is 22.8 Å². The molecule has 0 aliphatic heterocycles. The van der Waals surface area contributed by atoms with Gasteiger partial charge in [-0.2, -0.15) is 8.78 Å². The summed E-state index contributed by atoms with van der Waals surface area (Å²) in [5, 5.41) is 11.3. The molecule has 0 aliphatic carbocycles. The largest absolute Gasteiger partial charge is 0.493 e. The molecular weight excluding hydrogens is 308 g/mol. The second-order valence-corrected chi connectivity index (χ2v) is 4.44. The molecule has 120 valence electrons. The lowest BCUT2D eigenvalue weighted by Gasteiger charge is -2.10. The van der Waals surface area contributed by atoms with Crippen molar-refractivity contribution in [3.63, 3.8) is 0 Å². The van der Waals surface area contributed by atoms with E-state index in [1.165, 1.54) is 31.4 Å². The van der Waals surface area contributed by atoms with Crippen LogP contribution in [0.3, 0.4) is 0 Å². The molecular formula is C16H13F2NO4. The fourth-order valence-electron chi connectivity index (χ4n) is 1.97. The summed E-state index contributed by atoms with van der Waals surface area (Å²) in [6.45, 7) is -3.01. The zero-order valence-corrected chi connectivity index (χ0v) is 12.1. The lowest BCUT2D eigenvalue weighted by molar-refractivity contribution is -0.374. The Kier molecular flexibility index (Phi) is 5.24. The van der Waals surface area contributed by atoms with Crippen molar-refractivity contribution >= 4 is 11.8 Å². The van der Waals surface area contributed by atoms with E-state index in [1.807, 2.05) is 0 Å². The minimum atomic E-state index is -3.01. The molecule has 0 bridgehead atoms. The van der Waals surface area contributed by atoms with Crippen LogP contribution in [0.1, 0.15) is 11.1 Å². The second-order valence-electron chi connectivity index (χ2n) is 4.44. The molecule has 0 saturated carbocycles. The smallest absolute Gasteiger partial charge is 0.387 e. The SMILES string of the molecule is COc1cc(C(=Cc2ccccc2)[N+](=O)[O-])ccc1OC(F)F. The molecule has 2 rings (SSSR count). The molecule has 2 aromatic carbocycles. The van der Waals surface area contributed by atoms with E-state index in [1.54, 1.807) is 30.3 Å². The summed E-state index contributed by atoms with van der Waals surface area (Å²) < 4.78 is 33.9. The third kappa shape index (κ3) is 4.26. The Morgan fingerprint density at radius 1 is 1.17 bits per heavy atom. The highest BCUT2D eigenvalue weighted by molar-refractivity contribution is 5.77. The van der Waals surface area contributed by atoms with E-state index in [9.17, 15) is 18.9 Å². The Hall–Kier alpha value is -2.96. The number of hydrogen-bond donors (Lipinski definition) is 0. The molecule has 0 fully saturated rings. The van der Waals surface area contributed by atoms with Gasteiger partial charge in [-0.15, -0.1) is 0 Å². The van der Waals surface area contributed by atoms with Crippen LogP contribution in [0.4, 0.5) is 8.78 Å². The molecule has 0 unspecified atom stereocenters. The van der Waals surface area contributed by atoms with Gasteiger partial charge in [0.2, 0.25) is 0 Å². The highest BCUT2D eigenvalue weighted by Gasteiger charge is 2.18. The van der Waals surface area contributed by atoms with Crippen LogP contribution in [0.2, 0.25) is 0 Å². The summed E-state index contributed by atoms with van der Waals surface area (Å²) >= 11 is 0. The summed E-state index contributed by atoms with van der Waals surface area (Å²) in [7, 11) is 1.27. The van der Waals surface area contributed by atoms with Crippen LogP contribution < -0.4 is 9.47 Å². The highest BCUT2D eigenvalue weighted by Crippen LogP contribution is 2.32. The van der Waals surface area contributed by atoms with Crippen LogP contribution in [-0.2, 0) is 0 Å². The third-order valence-electron chi connectivity index (χ3n) is 2.98. The first-order valence-corrected chi connectivity index (χ1v) is 6.55. The molecule has 0 atom stereocenters. The molecule has 5 nitrogen and oxygen atoms in total. The average Bonchev–Trinajstić information content (AvgIpc) is 2.53. The number of halogens is 2. The number of ether oxygens (including phenoxy) is 2. The van der Waals surface area contributed by atoms with Gasteiger partial charge in [-0.25, -0.2) is 0 Å². The van der Waals surface area contributed by atoms with E-state index in [0.29, 0.717) is 5.56 Å². The number of nitrogens with zero attached hydrogens (tertiary/aromatic N) is 1. The fourth-order valence-corrected chi connectivity index (χ4v) is 1.97. The van der Waals surface area contributed by atoms with Crippen molar-refractivity contribution in [1.29, 1.82) is 0 Å². The second kappa shape index (κ2) is 7.35. The Bertz CT molecular complexity index is 717. The lowest BCUT2D eigenvalue weighted by Crippen LogP contribution is -2.04. The van der Waals surface area contributed by atoms with Crippen molar-refractivity contribution in [2.45, 2.75) is 6.61 Å². The molecule has 2 aromatic rings. The number of benzene rings is 2. The summed E-state index contributed by atoms with van der Waals surface area (Å²) in [6, 6.07) is 12.6. The molecule has 7 heteroatoms. The quantitative estimate of drug-likeness (QED) is 0.457. The first-order valence-electron chi connectivity index (χ1n) is 6.55. The number of nitro groups is 1. The van der Waals surface area contributed by atoms with E-state index in [4.69, 9.17) is 4.74 Å². The topological polar surface area (TPSA) is 61.6 Å². The first kappa shape index (κ1) is 16.4. The van der Waals surface area contributed by atoms with Crippen LogP contribution in [0.15, 0.2) is 48.5 Å². The van der Waals surface area contributed by atoms with Crippen LogP contribution in [-0.4, -0.2) is 18.6 Å². The van der Waals surface area contributed by atoms with Gasteiger partial charge in [0.15, 0.2) is 11.5 Å². The Labute approximate surface area is 130 Å². The number of rotatable bonds is 6. The lowest BCUT2D eigenvalue weighted by atomic mass is 10.1. The molecule has 0 amide bonds. The standard InChI is InChI=1S/C16H13F2NO4/c1-22-15-10-12(7-8-14(15)23-16(17)18)13(19(20)21)9-11-5-3-2-4-6-11/h2-10,16H,1H3. The van der Waals surface area contributed by atoms with Crippen LogP contribution in [0.25, 0.3) is 11.8 Å². The van der Waals surface area contributed by atoms with Gasteiger partial charge < -0.3 is 9.47 Å². The monoisotopic (exact) mass is 321 g/mol. The predicted octanol–water partition coefficient (Wildman–Crippen LogP) is 4.07. The van der Waals surface area contributed by atoms with Crippen LogP contribution in [0, 0.1) is 10.1 Å². The summed E-state index contributed by atoms with van der Waals surface area (Å²) in [5.41, 5.74) is 0.682. The van der Waals surface area contributed by atoms with Gasteiger partial charge in [-0.05, 0) is 23.8 Å². The van der Waals surface area contributed by atoms with Crippen LogP contribution in [0.5, 0.6) is 11.5 Å². The van der Waals surface area contributed by atoms with Crippen molar-refractivity contribution in [3.05, 3.63) is 69.8 Å². The van der Waals surface area contributed by atoms with Crippen molar-refractivity contribution < 1.29 is 23.2 Å². The maximum absolute atomic E-state index is 12.3. The Morgan fingerprint density at radius 3 is 2.43 bits per heavy atom. The van der Waals surface area contributed by atoms with Crippen LogP contribution >= 0.6 is 0 Å². The zero-order valence-electron chi connectivity index (χ0n) is 12.1. The minimum absolute atomic E-state index is 0.0105. The molecule has 0 aromatic heterocycles. The van der Waals surface area contributed by atoms with Crippen molar-refractivity contribution in [1.82, 2.24) is 0 Å². The first-order chi connectivity index (χ1) is 11.0. The number of hydrogen-bond acceptors (Lipinski definition) is 4. The molecule has 0 spiro atoms. The molecule has 0 heterocycles. The highest BCUT2D eigenvalue weighted by atomic mass is 19.3. The van der Waals surface area contributed by atoms with Crippen molar-refractivity contribution in [3.8, 4) is 11.5 Å².